The minimum absolute atomic E-state index is 0.263. The second-order valence-corrected chi connectivity index (χ2v) is 3.45. The SMILES string of the molecule is Fc1ccc(-n2nc3ccccc3n2)cc1. The Labute approximate surface area is 91.1 Å². The number of aromatic nitrogens is 3. The summed E-state index contributed by atoms with van der Waals surface area (Å²) < 4.78 is 12.8. The highest BCUT2D eigenvalue weighted by Crippen LogP contribution is 2.12. The maximum Gasteiger partial charge on any atom is 0.123 e. The van der Waals surface area contributed by atoms with Gasteiger partial charge in [0.1, 0.15) is 16.9 Å². The van der Waals surface area contributed by atoms with Gasteiger partial charge in [-0.2, -0.15) is 4.80 Å². The first-order valence-electron chi connectivity index (χ1n) is 4.91. The van der Waals surface area contributed by atoms with E-state index in [1.165, 1.54) is 16.9 Å². The van der Waals surface area contributed by atoms with Crippen molar-refractivity contribution in [1.82, 2.24) is 15.0 Å². The molecule has 1 heterocycles. The normalized spacial score (nSPS) is 10.8. The predicted molar refractivity (Wildman–Crippen MR) is 58.8 cm³/mol. The molecule has 0 aliphatic rings. The molecule has 0 N–H and O–H groups in total. The summed E-state index contributed by atoms with van der Waals surface area (Å²) in [5.74, 6) is -0.263. The quantitative estimate of drug-likeness (QED) is 0.622. The van der Waals surface area contributed by atoms with Gasteiger partial charge in [0.05, 0.1) is 5.69 Å². The van der Waals surface area contributed by atoms with Gasteiger partial charge in [-0.15, -0.1) is 10.2 Å². The summed E-state index contributed by atoms with van der Waals surface area (Å²) >= 11 is 0. The van der Waals surface area contributed by atoms with Gasteiger partial charge < -0.3 is 0 Å². The molecule has 3 nitrogen and oxygen atoms in total. The van der Waals surface area contributed by atoms with Crippen LogP contribution in [0, 0.1) is 5.82 Å². The lowest BCUT2D eigenvalue weighted by atomic mass is 10.3. The molecule has 3 aromatic rings. The monoisotopic (exact) mass is 213 g/mol. The van der Waals surface area contributed by atoms with Crippen molar-refractivity contribution in [2.45, 2.75) is 0 Å². The first-order valence-corrected chi connectivity index (χ1v) is 4.91. The fraction of sp³-hybridized carbons (Fsp3) is 0. The molecule has 0 atom stereocenters. The molecule has 0 amide bonds. The lowest BCUT2D eigenvalue weighted by Gasteiger charge is -1.97. The van der Waals surface area contributed by atoms with Crippen molar-refractivity contribution < 1.29 is 4.39 Å². The van der Waals surface area contributed by atoms with Crippen LogP contribution in [0.5, 0.6) is 0 Å². The molecule has 2 aromatic carbocycles. The molecule has 0 aliphatic heterocycles. The zero-order chi connectivity index (χ0) is 11.0. The van der Waals surface area contributed by atoms with Crippen LogP contribution in [0.3, 0.4) is 0 Å². The van der Waals surface area contributed by atoms with Crippen molar-refractivity contribution in [2.24, 2.45) is 0 Å². The summed E-state index contributed by atoms with van der Waals surface area (Å²) in [4.78, 5) is 1.50. The third-order valence-electron chi connectivity index (χ3n) is 2.34. The number of fused-ring (bicyclic) bond motifs is 1. The average Bonchev–Trinajstić information content (AvgIpc) is 2.73. The maximum absolute atomic E-state index is 12.8. The molecule has 0 unspecified atom stereocenters. The van der Waals surface area contributed by atoms with Gasteiger partial charge in [-0.05, 0) is 36.4 Å². The largest absolute Gasteiger partial charge is 0.207 e. The Morgan fingerprint density at radius 2 is 1.38 bits per heavy atom. The van der Waals surface area contributed by atoms with E-state index in [2.05, 4.69) is 10.2 Å². The molecule has 78 valence electrons. The van der Waals surface area contributed by atoms with E-state index in [1.54, 1.807) is 12.1 Å². The summed E-state index contributed by atoms with van der Waals surface area (Å²) in [5.41, 5.74) is 2.40. The maximum atomic E-state index is 12.8. The molecule has 0 saturated carbocycles. The average molecular weight is 213 g/mol. The topological polar surface area (TPSA) is 30.7 Å². The van der Waals surface area contributed by atoms with Crippen molar-refractivity contribution in [3.05, 3.63) is 54.3 Å². The van der Waals surface area contributed by atoms with Gasteiger partial charge >= 0.3 is 0 Å². The molecule has 4 heteroatoms. The molecule has 1 aromatic heterocycles. The second kappa shape index (κ2) is 3.41. The molecule has 3 rings (SSSR count). The van der Waals surface area contributed by atoms with E-state index in [9.17, 15) is 4.39 Å². The highest BCUT2D eigenvalue weighted by atomic mass is 19.1. The Balaban J connectivity index is 2.15. The first-order chi connectivity index (χ1) is 7.83. The van der Waals surface area contributed by atoms with Gasteiger partial charge in [0.15, 0.2) is 0 Å². The van der Waals surface area contributed by atoms with E-state index in [0.717, 1.165) is 16.7 Å². The standard InChI is InChI=1S/C12H8FN3/c13-9-5-7-10(8-6-9)16-14-11-3-1-2-4-12(11)15-16/h1-8H. The summed E-state index contributed by atoms with van der Waals surface area (Å²) in [6.45, 7) is 0. The molecule has 0 spiro atoms. The van der Waals surface area contributed by atoms with Gasteiger partial charge in [-0.1, -0.05) is 12.1 Å². The fourth-order valence-corrected chi connectivity index (χ4v) is 1.55. The van der Waals surface area contributed by atoms with Gasteiger partial charge in [0.2, 0.25) is 0 Å². The number of halogens is 1. The van der Waals surface area contributed by atoms with Crippen LogP contribution in [-0.4, -0.2) is 15.0 Å². The van der Waals surface area contributed by atoms with Crippen LogP contribution in [0.15, 0.2) is 48.5 Å². The zero-order valence-electron chi connectivity index (χ0n) is 8.34. The van der Waals surface area contributed by atoms with Crippen LogP contribution >= 0.6 is 0 Å². The molecule has 0 bridgehead atoms. The highest BCUT2D eigenvalue weighted by molar-refractivity contribution is 5.73. The highest BCUT2D eigenvalue weighted by Gasteiger charge is 2.03. The molecule has 0 radical (unpaired) electrons. The second-order valence-electron chi connectivity index (χ2n) is 3.45. The molecular weight excluding hydrogens is 205 g/mol. The predicted octanol–water partition coefficient (Wildman–Crippen LogP) is 2.56. The van der Waals surface area contributed by atoms with Crippen LogP contribution in [0.25, 0.3) is 16.7 Å². The number of benzene rings is 2. The van der Waals surface area contributed by atoms with E-state index in [1.807, 2.05) is 24.3 Å². The third-order valence-corrected chi connectivity index (χ3v) is 2.34. The van der Waals surface area contributed by atoms with E-state index < -0.39 is 0 Å². The number of rotatable bonds is 1. The van der Waals surface area contributed by atoms with E-state index in [-0.39, 0.29) is 5.82 Å². The van der Waals surface area contributed by atoms with Crippen molar-refractivity contribution in [1.29, 1.82) is 0 Å². The Morgan fingerprint density at radius 3 is 1.94 bits per heavy atom. The van der Waals surface area contributed by atoms with Crippen LogP contribution in [-0.2, 0) is 0 Å². The fourth-order valence-electron chi connectivity index (χ4n) is 1.55. The van der Waals surface area contributed by atoms with Crippen molar-refractivity contribution in [3.8, 4) is 5.69 Å². The molecule has 0 fully saturated rings. The minimum Gasteiger partial charge on any atom is -0.207 e. The number of hydrogen-bond donors (Lipinski definition) is 0. The first kappa shape index (κ1) is 9.03. The van der Waals surface area contributed by atoms with Crippen molar-refractivity contribution in [3.63, 3.8) is 0 Å². The Kier molecular flexibility index (Phi) is 1.93. The molecular formula is C12H8FN3. The summed E-state index contributed by atoms with van der Waals surface area (Å²) in [7, 11) is 0. The Bertz CT molecular complexity index is 595. The smallest absolute Gasteiger partial charge is 0.123 e. The van der Waals surface area contributed by atoms with Crippen LogP contribution in [0.1, 0.15) is 0 Å². The zero-order valence-corrected chi connectivity index (χ0v) is 8.34. The van der Waals surface area contributed by atoms with Crippen molar-refractivity contribution >= 4 is 11.0 Å². The number of hydrogen-bond acceptors (Lipinski definition) is 2. The molecule has 16 heavy (non-hydrogen) atoms. The van der Waals surface area contributed by atoms with E-state index in [0.29, 0.717) is 0 Å². The summed E-state index contributed by atoms with van der Waals surface area (Å²) in [6, 6.07) is 13.7. The van der Waals surface area contributed by atoms with Crippen LogP contribution in [0.4, 0.5) is 4.39 Å². The lowest BCUT2D eigenvalue weighted by Crippen LogP contribution is -1.97. The summed E-state index contributed by atoms with van der Waals surface area (Å²) in [6.07, 6.45) is 0. The Morgan fingerprint density at radius 1 is 0.812 bits per heavy atom. The van der Waals surface area contributed by atoms with Gasteiger partial charge in [0, 0.05) is 0 Å². The Hall–Kier alpha value is -2.23. The van der Waals surface area contributed by atoms with Gasteiger partial charge in [-0.25, -0.2) is 4.39 Å². The molecule has 0 saturated heterocycles. The lowest BCUT2D eigenvalue weighted by molar-refractivity contribution is 0.626. The van der Waals surface area contributed by atoms with Gasteiger partial charge in [0.25, 0.3) is 0 Å². The third kappa shape index (κ3) is 1.44. The van der Waals surface area contributed by atoms with E-state index in [4.69, 9.17) is 0 Å². The van der Waals surface area contributed by atoms with Crippen molar-refractivity contribution in [2.75, 3.05) is 0 Å². The summed E-state index contributed by atoms with van der Waals surface area (Å²) in [5, 5.41) is 8.59. The minimum atomic E-state index is -0.263. The van der Waals surface area contributed by atoms with E-state index >= 15 is 0 Å². The number of nitrogens with zero attached hydrogens (tertiary/aromatic N) is 3. The van der Waals surface area contributed by atoms with Crippen LogP contribution in [0.2, 0.25) is 0 Å². The van der Waals surface area contributed by atoms with Crippen LogP contribution < -0.4 is 0 Å². The van der Waals surface area contributed by atoms with Gasteiger partial charge in [-0.3, -0.25) is 0 Å². The molecule has 0 aliphatic carbocycles.